The second kappa shape index (κ2) is 17.9. The van der Waals surface area contributed by atoms with Crippen molar-refractivity contribution >= 4 is 66.7 Å². The average Bonchev–Trinajstić information content (AvgIpc) is 1.27. The van der Waals surface area contributed by atoms with Crippen LogP contribution in [-0.2, 0) is 0 Å². The third-order valence-corrected chi connectivity index (χ3v) is 0.667. The molecule has 0 aromatic rings. The Morgan fingerprint density at radius 3 is 1.00 bits per heavy atom. The largest absolute Gasteiger partial charge is 0.316 e. The van der Waals surface area contributed by atoms with Gasteiger partial charge in [-0.05, 0) is 0 Å². The van der Waals surface area contributed by atoms with Crippen molar-refractivity contribution < 1.29 is 0 Å². The van der Waals surface area contributed by atoms with Crippen molar-refractivity contribution in [1.29, 1.82) is 0 Å². The van der Waals surface area contributed by atoms with E-state index in [4.69, 9.17) is 0 Å². The minimum atomic E-state index is 0. The summed E-state index contributed by atoms with van der Waals surface area (Å²) in [5.74, 6) is 0. The van der Waals surface area contributed by atoms with Crippen LogP contribution in [0.2, 0.25) is 0 Å². The van der Waals surface area contributed by atoms with E-state index in [0.29, 0.717) is 12.1 Å². The molecule has 0 amide bonds. The molecule has 0 aliphatic carbocycles. The summed E-state index contributed by atoms with van der Waals surface area (Å²) in [6.45, 7) is 8.61. The maximum absolute atomic E-state index is 3.31. The SMILES string of the molecule is CC(C)NC(C)C.Cl.Cl.[LiH].[MgH2]. The van der Waals surface area contributed by atoms with E-state index in [9.17, 15) is 0 Å². The summed E-state index contributed by atoms with van der Waals surface area (Å²) >= 11 is 0. The molecule has 0 aromatic carbocycles. The van der Waals surface area contributed by atoms with Gasteiger partial charge in [-0.25, -0.2) is 0 Å². The minimum absolute atomic E-state index is 0. The quantitative estimate of drug-likeness (QED) is 0.658. The summed E-state index contributed by atoms with van der Waals surface area (Å²) in [6.07, 6.45) is 0. The van der Waals surface area contributed by atoms with Crippen molar-refractivity contribution in [2.24, 2.45) is 0 Å². The predicted molar refractivity (Wildman–Crippen MR) is 63.6 cm³/mol. The first-order chi connectivity index (χ1) is 3.13. The molecule has 11 heavy (non-hydrogen) atoms. The standard InChI is InChI=1S/C6H15N.2ClH.Li.Mg.3H/c1-5(2)7-6(3)4;;;;;;;/h5-7H,1-4H3;2*1H;;;;;. The molecule has 0 aromatic heterocycles. The van der Waals surface area contributed by atoms with Crippen molar-refractivity contribution in [3.63, 3.8) is 0 Å². The van der Waals surface area contributed by atoms with Gasteiger partial charge in [0.15, 0.2) is 0 Å². The molecule has 0 fully saturated rings. The molecule has 5 heteroatoms. The van der Waals surface area contributed by atoms with Gasteiger partial charge in [-0.2, -0.15) is 0 Å². The third kappa shape index (κ3) is 33.5. The fraction of sp³-hybridized carbons (Fsp3) is 1.00. The molecule has 0 spiro atoms. The van der Waals surface area contributed by atoms with Crippen LogP contribution in [0, 0.1) is 0 Å². The first kappa shape index (κ1) is 29.3. The summed E-state index contributed by atoms with van der Waals surface area (Å²) in [5.41, 5.74) is 0. The van der Waals surface area contributed by atoms with Gasteiger partial charge in [0.1, 0.15) is 0 Å². The summed E-state index contributed by atoms with van der Waals surface area (Å²) in [7, 11) is 0. The van der Waals surface area contributed by atoms with Crippen LogP contribution in [0.15, 0.2) is 0 Å². The molecule has 0 unspecified atom stereocenters. The average molecular weight is 208 g/mol. The van der Waals surface area contributed by atoms with Crippen molar-refractivity contribution in [1.82, 2.24) is 5.32 Å². The van der Waals surface area contributed by atoms with Crippen LogP contribution in [0.3, 0.4) is 0 Å². The number of hydrogen-bond donors (Lipinski definition) is 1. The van der Waals surface area contributed by atoms with E-state index in [1.165, 1.54) is 0 Å². The van der Waals surface area contributed by atoms with E-state index in [1.807, 2.05) is 0 Å². The Bertz CT molecular complexity index is 49.8. The predicted octanol–water partition coefficient (Wildman–Crippen LogP) is 0.672. The normalized spacial score (nSPS) is 7.09. The Morgan fingerprint density at radius 1 is 0.818 bits per heavy atom. The number of halogens is 2. The van der Waals surface area contributed by atoms with Crippen molar-refractivity contribution in [3.8, 4) is 0 Å². The zero-order chi connectivity index (χ0) is 5.86. The Morgan fingerprint density at radius 2 is 1.00 bits per heavy atom. The van der Waals surface area contributed by atoms with E-state index in [0.717, 1.165) is 0 Å². The molecule has 0 bridgehead atoms. The fourth-order valence-corrected chi connectivity index (χ4v) is 0.667. The van der Waals surface area contributed by atoms with Gasteiger partial charge in [-0.1, -0.05) is 27.7 Å². The Kier molecular flexibility index (Phi) is 47.5. The van der Waals surface area contributed by atoms with Crippen LogP contribution in [-0.4, -0.2) is 54.0 Å². The molecule has 0 aliphatic heterocycles. The Hall–Kier alpha value is 1.90. The molecule has 0 aliphatic rings. The van der Waals surface area contributed by atoms with Crippen LogP contribution < -0.4 is 5.32 Å². The van der Waals surface area contributed by atoms with Gasteiger partial charge >= 0.3 is 41.9 Å². The maximum Gasteiger partial charge on any atom is 0.316 e. The molecular weight excluding hydrogens is 188 g/mol. The van der Waals surface area contributed by atoms with Gasteiger partial charge in [-0.3, -0.25) is 0 Å². The van der Waals surface area contributed by atoms with Crippen LogP contribution in [0.4, 0.5) is 0 Å². The summed E-state index contributed by atoms with van der Waals surface area (Å²) in [4.78, 5) is 0. The topological polar surface area (TPSA) is 12.0 Å². The molecule has 0 radical (unpaired) electrons. The Balaban J connectivity index is -0.0000000300. The van der Waals surface area contributed by atoms with Gasteiger partial charge in [0, 0.05) is 12.1 Å². The minimum Gasteiger partial charge on any atom is 0.316 e. The Labute approximate surface area is 111 Å². The molecule has 0 rings (SSSR count). The van der Waals surface area contributed by atoms with E-state index >= 15 is 0 Å². The van der Waals surface area contributed by atoms with Gasteiger partial charge in [-0.15, -0.1) is 24.8 Å². The van der Waals surface area contributed by atoms with Gasteiger partial charge in [0.05, 0.1) is 0 Å². The zero-order valence-corrected chi connectivity index (χ0v) is 8.10. The van der Waals surface area contributed by atoms with E-state index in [-0.39, 0.29) is 66.7 Å². The van der Waals surface area contributed by atoms with Gasteiger partial charge in [0.25, 0.3) is 0 Å². The molecule has 66 valence electrons. The van der Waals surface area contributed by atoms with Crippen molar-refractivity contribution in [2.75, 3.05) is 0 Å². The second-order valence-corrected chi connectivity index (χ2v) is 2.48. The van der Waals surface area contributed by atoms with Gasteiger partial charge < -0.3 is 5.32 Å². The first-order valence-electron chi connectivity index (χ1n) is 2.89. The van der Waals surface area contributed by atoms with Crippen LogP contribution in [0.1, 0.15) is 27.7 Å². The molecule has 1 N–H and O–H groups in total. The molecule has 0 atom stereocenters. The van der Waals surface area contributed by atoms with Crippen molar-refractivity contribution in [2.45, 2.75) is 39.8 Å². The number of hydrogen-bond acceptors (Lipinski definition) is 1. The number of rotatable bonds is 2. The smallest absolute Gasteiger partial charge is 0.316 e. The van der Waals surface area contributed by atoms with E-state index in [1.54, 1.807) is 0 Å². The van der Waals surface area contributed by atoms with Gasteiger partial charge in [0.2, 0.25) is 0 Å². The molecule has 1 nitrogen and oxygen atoms in total. The summed E-state index contributed by atoms with van der Waals surface area (Å²) in [6, 6.07) is 1.25. The first-order valence-corrected chi connectivity index (χ1v) is 2.89. The second-order valence-electron chi connectivity index (χ2n) is 2.48. The molecule has 0 saturated heterocycles. The zero-order valence-electron chi connectivity index (χ0n) is 6.47. The van der Waals surface area contributed by atoms with Crippen molar-refractivity contribution in [3.05, 3.63) is 0 Å². The summed E-state index contributed by atoms with van der Waals surface area (Å²) in [5, 5.41) is 3.31. The molecular formula is C6H20Cl2LiMgN. The third-order valence-electron chi connectivity index (χ3n) is 0.667. The van der Waals surface area contributed by atoms with E-state index < -0.39 is 0 Å². The van der Waals surface area contributed by atoms with Crippen LogP contribution in [0.5, 0.6) is 0 Å². The molecule has 0 heterocycles. The monoisotopic (exact) mass is 207 g/mol. The molecule has 0 saturated carbocycles. The van der Waals surface area contributed by atoms with Crippen LogP contribution in [0.25, 0.3) is 0 Å². The summed E-state index contributed by atoms with van der Waals surface area (Å²) < 4.78 is 0. The maximum atomic E-state index is 3.31. The fourth-order valence-electron chi connectivity index (χ4n) is 0.667. The van der Waals surface area contributed by atoms with E-state index in [2.05, 4.69) is 33.0 Å². The van der Waals surface area contributed by atoms with Crippen LogP contribution >= 0.6 is 24.8 Å². The number of nitrogens with one attached hydrogen (secondary N) is 1.